The molecule has 0 saturated heterocycles. The lowest BCUT2D eigenvalue weighted by Gasteiger charge is -2.30. The predicted octanol–water partition coefficient (Wildman–Crippen LogP) is 3.36. The van der Waals surface area contributed by atoms with Gasteiger partial charge in [-0.1, -0.05) is 39.5 Å². The third kappa shape index (κ3) is 6.25. The van der Waals surface area contributed by atoms with Crippen LogP contribution in [-0.4, -0.2) is 37.0 Å². The molecule has 3 atom stereocenters. The van der Waals surface area contributed by atoms with E-state index in [1.807, 2.05) is 0 Å². The standard InChI is InChI=1S/C18H35NO2/c1-14-7-9-16(10-8-14)11-19-12-17(20)13-21-18-6-4-3-5-15(18)2/h14-20H,3-13H2,1-2H3. The fourth-order valence-electron chi connectivity index (χ4n) is 3.81. The van der Waals surface area contributed by atoms with Gasteiger partial charge in [-0.25, -0.2) is 0 Å². The van der Waals surface area contributed by atoms with Crippen LogP contribution in [0.2, 0.25) is 0 Å². The summed E-state index contributed by atoms with van der Waals surface area (Å²) in [6.07, 6.45) is 10.5. The Hall–Kier alpha value is -0.120. The average Bonchev–Trinajstić information content (AvgIpc) is 2.48. The third-order valence-electron chi connectivity index (χ3n) is 5.48. The Balaban J connectivity index is 1.52. The number of nitrogens with one attached hydrogen (secondary N) is 1. The zero-order valence-electron chi connectivity index (χ0n) is 14.0. The molecule has 0 radical (unpaired) electrons. The number of hydrogen-bond acceptors (Lipinski definition) is 3. The lowest BCUT2D eigenvalue weighted by Crippen LogP contribution is -2.36. The van der Waals surface area contributed by atoms with Crippen LogP contribution in [0.3, 0.4) is 0 Å². The smallest absolute Gasteiger partial charge is 0.0897 e. The van der Waals surface area contributed by atoms with Crippen LogP contribution >= 0.6 is 0 Å². The first-order valence-electron chi connectivity index (χ1n) is 9.15. The molecule has 0 amide bonds. The molecule has 124 valence electrons. The molecular weight excluding hydrogens is 262 g/mol. The molecule has 2 saturated carbocycles. The summed E-state index contributed by atoms with van der Waals surface area (Å²) in [5.41, 5.74) is 0. The van der Waals surface area contributed by atoms with Crippen molar-refractivity contribution in [1.82, 2.24) is 5.32 Å². The minimum atomic E-state index is -0.360. The molecule has 3 nitrogen and oxygen atoms in total. The van der Waals surface area contributed by atoms with Gasteiger partial charge in [0.05, 0.1) is 18.8 Å². The second kappa shape index (κ2) is 9.12. The van der Waals surface area contributed by atoms with E-state index in [0.717, 1.165) is 18.4 Å². The Labute approximate surface area is 130 Å². The van der Waals surface area contributed by atoms with Gasteiger partial charge in [-0.2, -0.15) is 0 Å². The Morgan fingerprint density at radius 2 is 1.76 bits per heavy atom. The van der Waals surface area contributed by atoms with Crippen LogP contribution in [0.15, 0.2) is 0 Å². The first-order chi connectivity index (χ1) is 10.1. The maximum absolute atomic E-state index is 10.1. The Bertz CT molecular complexity index is 276. The molecule has 2 aliphatic carbocycles. The van der Waals surface area contributed by atoms with E-state index in [4.69, 9.17) is 4.74 Å². The minimum Gasteiger partial charge on any atom is -0.389 e. The molecule has 0 aromatic heterocycles. The number of hydrogen-bond donors (Lipinski definition) is 2. The van der Waals surface area contributed by atoms with E-state index in [2.05, 4.69) is 19.2 Å². The lowest BCUT2D eigenvalue weighted by atomic mass is 9.83. The lowest BCUT2D eigenvalue weighted by molar-refractivity contribution is -0.0453. The molecule has 0 aromatic rings. The summed E-state index contributed by atoms with van der Waals surface area (Å²) < 4.78 is 5.92. The minimum absolute atomic E-state index is 0.360. The van der Waals surface area contributed by atoms with Crippen molar-refractivity contribution in [1.29, 1.82) is 0 Å². The molecule has 0 bridgehead atoms. The largest absolute Gasteiger partial charge is 0.389 e. The van der Waals surface area contributed by atoms with Crippen molar-refractivity contribution in [3.8, 4) is 0 Å². The van der Waals surface area contributed by atoms with E-state index in [1.165, 1.54) is 51.4 Å². The van der Waals surface area contributed by atoms with Gasteiger partial charge in [0.15, 0.2) is 0 Å². The van der Waals surface area contributed by atoms with Crippen molar-refractivity contribution in [3.05, 3.63) is 0 Å². The maximum atomic E-state index is 10.1. The van der Waals surface area contributed by atoms with Gasteiger partial charge >= 0.3 is 0 Å². The zero-order chi connectivity index (χ0) is 15.1. The Morgan fingerprint density at radius 1 is 1.05 bits per heavy atom. The van der Waals surface area contributed by atoms with Crippen molar-refractivity contribution in [2.45, 2.75) is 77.4 Å². The molecule has 3 unspecified atom stereocenters. The van der Waals surface area contributed by atoms with E-state index < -0.39 is 0 Å². The molecule has 2 aliphatic rings. The summed E-state index contributed by atoms with van der Waals surface area (Å²) in [4.78, 5) is 0. The first kappa shape index (κ1) is 17.2. The van der Waals surface area contributed by atoms with Crippen molar-refractivity contribution in [2.75, 3.05) is 19.7 Å². The fourth-order valence-corrected chi connectivity index (χ4v) is 3.81. The van der Waals surface area contributed by atoms with E-state index in [-0.39, 0.29) is 6.10 Å². The van der Waals surface area contributed by atoms with Crippen molar-refractivity contribution in [2.24, 2.45) is 17.8 Å². The van der Waals surface area contributed by atoms with E-state index in [0.29, 0.717) is 25.2 Å². The highest BCUT2D eigenvalue weighted by Crippen LogP contribution is 2.28. The van der Waals surface area contributed by atoms with Gasteiger partial charge < -0.3 is 15.2 Å². The fraction of sp³-hybridized carbons (Fsp3) is 1.00. The third-order valence-corrected chi connectivity index (χ3v) is 5.48. The quantitative estimate of drug-likeness (QED) is 0.757. The number of ether oxygens (including phenoxy) is 1. The molecule has 0 aliphatic heterocycles. The summed E-state index contributed by atoms with van der Waals surface area (Å²) in [6, 6.07) is 0. The highest BCUT2D eigenvalue weighted by molar-refractivity contribution is 4.74. The summed E-state index contributed by atoms with van der Waals surface area (Å²) in [5.74, 6) is 2.38. The molecule has 2 fully saturated rings. The van der Waals surface area contributed by atoms with Crippen molar-refractivity contribution >= 4 is 0 Å². The highest BCUT2D eigenvalue weighted by Gasteiger charge is 2.23. The van der Waals surface area contributed by atoms with Crippen LogP contribution in [0, 0.1) is 17.8 Å². The van der Waals surface area contributed by atoms with E-state index >= 15 is 0 Å². The normalized spacial score (nSPS) is 35.6. The molecule has 0 heterocycles. The molecule has 21 heavy (non-hydrogen) atoms. The van der Waals surface area contributed by atoms with Gasteiger partial charge in [-0.3, -0.25) is 0 Å². The van der Waals surface area contributed by atoms with E-state index in [1.54, 1.807) is 0 Å². The van der Waals surface area contributed by atoms with Crippen LogP contribution in [0.5, 0.6) is 0 Å². The summed E-state index contributed by atoms with van der Waals surface area (Å²) in [5, 5.41) is 13.5. The Kier molecular flexibility index (Phi) is 7.48. The molecule has 0 aromatic carbocycles. The van der Waals surface area contributed by atoms with Crippen LogP contribution in [0.1, 0.15) is 65.2 Å². The van der Waals surface area contributed by atoms with Crippen LogP contribution in [0.25, 0.3) is 0 Å². The first-order valence-corrected chi connectivity index (χ1v) is 9.15. The predicted molar refractivity (Wildman–Crippen MR) is 87.4 cm³/mol. The van der Waals surface area contributed by atoms with Gasteiger partial charge in [0, 0.05) is 6.54 Å². The van der Waals surface area contributed by atoms with Gasteiger partial charge in [0.2, 0.25) is 0 Å². The van der Waals surface area contributed by atoms with Gasteiger partial charge in [-0.15, -0.1) is 0 Å². The topological polar surface area (TPSA) is 41.5 Å². The average molecular weight is 297 g/mol. The maximum Gasteiger partial charge on any atom is 0.0897 e. The number of rotatable bonds is 7. The molecule has 3 heteroatoms. The molecular formula is C18H35NO2. The number of aliphatic hydroxyl groups is 1. The van der Waals surface area contributed by atoms with Crippen LogP contribution in [0.4, 0.5) is 0 Å². The van der Waals surface area contributed by atoms with Crippen LogP contribution < -0.4 is 5.32 Å². The van der Waals surface area contributed by atoms with Gasteiger partial charge in [0.25, 0.3) is 0 Å². The van der Waals surface area contributed by atoms with Gasteiger partial charge in [0.1, 0.15) is 0 Å². The Morgan fingerprint density at radius 3 is 2.48 bits per heavy atom. The SMILES string of the molecule is CC1CCC(CNCC(O)COC2CCCCC2C)CC1. The molecule has 2 N–H and O–H groups in total. The van der Waals surface area contributed by atoms with Crippen molar-refractivity contribution in [3.63, 3.8) is 0 Å². The summed E-state index contributed by atoms with van der Waals surface area (Å²) in [7, 11) is 0. The highest BCUT2D eigenvalue weighted by atomic mass is 16.5. The van der Waals surface area contributed by atoms with E-state index in [9.17, 15) is 5.11 Å². The monoisotopic (exact) mass is 297 g/mol. The van der Waals surface area contributed by atoms with Gasteiger partial charge in [-0.05, 0) is 50.0 Å². The zero-order valence-corrected chi connectivity index (χ0v) is 14.0. The second-order valence-electron chi connectivity index (χ2n) is 7.57. The van der Waals surface area contributed by atoms with Crippen LogP contribution in [-0.2, 0) is 4.74 Å². The summed E-state index contributed by atoms with van der Waals surface area (Å²) >= 11 is 0. The molecule has 0 spiro atoms. The summed E-state index contributed by atoms with van der Waals surface area (Å²) in [6.45, 7) is 6.86. The molecule has 2 rings (SSSR count). The second-order valence-corrected chi connectivity index (χ2v) is 7.57. The number of aliphatic hydroxyl groups excluding tert-OH is 1. The van der Waals surface area contributed by atoms with Crippen molar-refractivity contribution < 1.29 is 9.84 Å².